The maximum absolute atomic E-state index is 10.8. The van der Waals surface area contributed by atoms with Crippen molar-refractivity contribution in [1.29, 1.82) is 0 Å². The maximum atomic E-state index is 10.8. The lowest BCUT2D eigenvalue weighted by Gasteiger charge is -2.13. The van der Waals surface area contributed by atoms with Gasteiger partial charge in [0.25, 0.3) is 0 Å². The van der Waals surface area contributed by atoms with Gasteiger partial charge in [-0.15, -0.1) is 11.8 Å². The van der Waals surface area contributed by atoms with Gasteiger partial charge in [0.2, 0.25) is 5.91 Å². The van der Waals surface area contributed by atoms with Crippen LogP contribution in [0.5, 0.6) is 0 Å². The van der Waals surface area contributed by atoms with E-state index in [9.17, 15) is 4.79 Å². The summed E-state index contributed by atoms with van der Waals surface area (Å²) in [6.45, 7) is 0. The molecule has 0 unspecified atom stereocenters. The molecule has 1 aromatic rings. The molecule has 0 bridgehead atoms. The summed E-state index contributed by atoms with van der Waals surface area (Å²) in [4.78, 5) is 15.7. The van der Waals surface area contributed by atoms with Crippen LogP contribution in [0.15, 0.2) is 17.0 Å². The lowest BCUT2D eigenvalue weighted by molar-refractivity contribution is -0.113. The summed E-state index contributed by atoms with van der Waals surface area (Å²) in [6.07, 6.45) is 2.66. The zero-order valence-corrected chi connectivity index (χ0v) is 6.44. The highest BCUT2D eigenvalue weighted by Crippen LogP contribution is 2.28. The Labute approximate surface area is 68.2 Å². The molecule has 1 aliphatic heterocycles. The van der Waals surface area contributed by atoms with Gasteiger partial charge in [0, 0.05) is 0 Å². The largest absolute Gasteiger partial charge is 0.309 e. The molecule has 1 amide bonds. The molecule has 0 fully saturated rings. The molecular formula is C7H5N2OS. The van der Waals surface area contributed by atoms with Crippen LogP contribution in [0.1, 0.15) is 0 Å². The number of aromatic nitrogens is 1. The number of anilines is 1. The second-order valence-corrected chi connectivity index (χ2v) is 3.14. The molecule has 0 saturated carbocycles. The molecule has 2 heterocycles. The molecule has 55 valence electrons. The third-order valence-electron chi connectivity index (χ3n) is 1.34. The van der Waals surface area contributed by atoms with Crippen molar-refractivity contribution in [1.82, 2.24) is 4.98 Å². The number of fused-ring (bicyclic) bond motifs is 1. The average Bonchev–Trinajstić information content (AvgIpc) is 2.04. The number of carbonyl (C=O) groups is 1. The Bertz CT molecular complexity index is 300. The van der Waals surface area contributed by atoms with Crippen LogP contribution < -0.4 is 5.32 Å². The van der Waals surface area contributed by atoms with Crippen molar-refractivity contribution in [2.75, 3.05) is 11.1 Å². The fraction of sp³-hybridized carbons (Fsp3) is 0.143. The lowest BCUT2D eigenvalue weighted by atomic mass is 10.4. The molecule has 0 spiro atoms. The zero-order chi connectivity index (χ0) is 7.68. The van der Waals surface area contributed by atoms with E-state index >= 15 is 0 Å². The SMILES string of the molecule is O=C1CSc2cc[c]nc2N1. The normalized spacial score (nSPS) is 15.5. The van der Waals surface area contributed by atoms with Gasteiger partial charge in [0.15, 0.2) is 0 Å². The third-order valence-corrected chi connectivity index (χ3v) is 2.38. The van der Waals surface area contributed by atoms with Crippen LogP contribution in [0.25, 0.3) is 0 Å². The molecule has 1 aliphatic rings. The Morgan fingerprint density at radius 3 is 3.55 bits per heavy atom. The van der Waals surface area contributed by atoms with Gasteiger partial charge in [-0.3, -0.25) is 4.79 Å². The van der Waals surface area contributed by atoms with E-state index in [1.54, 1.807) is 6.07 Å². The number of carbonyl (C=O) groups excluding carboxylic acids is 1. The Morgan fingerprint density at radius 1 is 1.73 bits per heavy atom. The number of nitrogens with one attached hydrogen (secondary N) is 1. The standard InChI is InChI=1S/C7H5N2OS/c10-6-4-11-5-2-1-3-8-7(5)9-6/h1-2H,4H2,(H,8,9,10). The molecular weight excluding hydrogens is 160 g/mol. The van der Waals surface area contributed by atoms with E-state index in [0.29, 0.717) is 11.6 Å². The van der Waals surface area contributed by atoms with Gasteiger partial charge < -0.3 is 5.32 Å². The van der Waals surface area contributed by atoms with Crippen molar-refractivity contribution in [3.63, 3.8) is 0 Å². The minimum atomic E-state index is 0.00889. The number of hydrogen-bond acceptors (Lipinski definition) is 3. The lowest BCUT2D eigenvalue weighted by Crippen LogP contribution is -2.19. The van der Waals surface area contributed by atoms with E-state index in [1.807, 2.05) is 6.07 Å². The van der Waals surface area contributed by atoms with Crippen molar-refractivity contribution in [2.45, 2.75) is 4.90 Å². The van der Waals surface area contributed by atoms with E-state index in [2.05, 4.69) is 16.5 Å². The van der Waals surface area contributed by atoms with Crippen LogP contribution in [-0.4, -0.2) is 16.6 Å². The number of rotatable bonds is 0. The topological polar surface area (TPSA) is 42.0 Å². The molecule has 1 radical (unpaired) electrons. The molecule has 0 saturated heterocycles. The van der Waals surface area contributed by atoms with Crippen molar-refractivity contribution < 1.29 is 4.79 Å². The quantitative estimate of drug-likeness (QED) is 0.621. The van der Waals surface area contributed by atoms with E-state index in [-0.39, 0.29) is 5.91 Å². The summed E-state index contributed by atoms with van der Waals surface area (Å²) >= 11 is 1.50. The van der Waals surface area contributed by atoms with E-state index in [4.69, 9.17) is 0 Å². The predicted molar refractivity (Wildman–Crippen MR) is 42.4 cm³/mol. The highest BCUT2D eigenvalue weighted by Gasteiger charge is 2.14. The summed E-state index contributed by atoms with van der Waals surface area (Å²) in [5, 5.41) is 2.66. The molecule has 0 atom stereocenters. The summed E-state index contributed by atoms with van der Waals surface area (Å²) in [5.74, 6) is 1.13. The Balaban J connectivity index is 2.41. The molecule has 1 aromatic heterocycles. The maximum Gasteiger partial charge on any atom is 0.235 e. The van der Waals surface area contributed by atoms with Crippen LogP contribution in [0.2, 0.25) is 0 Å². The van der Waals surface area contributed by atoms with Crippen molar-refractivity contribution in [2.24, 2.45) is 0 Å². The van der Waals surface area contributed by atoms with Gasteiger partial charge in [-0.2, -0.15) is 0 Å². The monoisotopic (exact) mass is 165 g/mol. The van der Waals surface area contributed by atoms with Gasteiger partial charge in [-0.25, -0.2) is 4.98 Å². The number of hydrogen-bond donors (Lipinski definition) is 1. The van der Waals surface area contributed by atoms with E-state index < -0.39 is 0 Å². The molecule has 2 rings (SSSR count). The first-order chi connectivity index (χ1) is 5.36. The predicted octanol–water partition coefficient (Wildman–Crippen LogP) is 0.926. The first-order valence-corrected chi connectivity index (χ1v) is 4.14. The van der Waals surface area contributed by atoms with Gasteiger partial charge >= 0.3 is 0 Å². The summed E-state index contributed by atoms with van der Waals surface area (Å²) in [7, 11) is 0. The second-order valence-electron chi connectivity index (χ2n) is 2.12. The Hall–Kier alpha value is -1.03. The van der Waals surface area contributed by atoms with Crippen LogP contribution in [0.4, 0.5) is 5.82 Å². The van der Waals surface area contributed by atoms with Gasteiger partial charge in [-0.05, 0) is 12.1 Å². The third kappa shape index (κ3) is 1.21. The Kier molecular flexibility index (Phi) is 1.54. The van der Waals surface area contributed by atoms with Gasteiger partial charge in [0.05, 0.1) is 16.8 Å². The van der Waals surface area contributed by atoms with Crippen LogP contribution in [-0.2, 0) is 4.79 Å². The second kappa shape index (κ2) is 2.54. The number of amides is 1. The van der Waals surface area contributed by atoms with Crippen LogP contribution in [0, 0.1) is 6.20 Å². The van der Waals surface area contributed by atoms with Crippen LogP contribution >= 0.6 is 11.8 Å². The van der Waals surface area contributed by atoms with Crippen molar-refractivity contribution in [3.8, 4) is 0 Å². The number of pyridine rings is 1. The van der Waals surface area contributed by atoms with Crippen molar-refractivity contribution >= 4 is 23.5 Å². The summed E-state index contributed by atoms with van der Waals surface area (Å²) in [6, 6.07) is 3.63. The van der Waals surface area contributed by atoms with Gasteiger partial charge in [-0.1, -0.05) is 0 Å². The number of thioether (sulfide) groups is 1. The fourth-order valence-electron chi connectivity index (χ4n) is 0.866. The average molecular weight is 165 g/mol. The smallest absolute Gasteiger partial charge is 0.235 e. The molecule has 11 heavy (non-hydrogen) atoms. The zero-order valence-electron chi connectivity index (χ0n) is 5.63. The minimum Gasteiger partial charge on any atom is -0.309 e. The molecule has 0 aliphatic carbocycles. The highest BCUT2D eigenvalue weighted by atomic mass is 32.2. The van der Waals surface area contributed by atoms with E-state index in [1.165, 1.54) is 11.8 Å². The highest BCUT2D eigenvalue weighted by molar-refractivity contribution is 8.00. The van der Waals surface area contributed by atoms with E-state index in [0.717, 1.165) is 4.90 Å². The first-order valence-electron chi connectivity index (χ1n) is 3.16. The summed E-state index contributed by atoms with van der Waals surface area (Å²) in [5.41, 5.74) is 0. The van der Waals surface area contributed by atoms with Crippen LogP contribution in [0.3, 0.4) is 0 Å². The fourth-order valence-corrected chi connectivity index (χ4v) is 1.62. The minimum absolute atomic E-state index is 0.00889. The first kappa shape index (κ1) is 6.67. The molecule has 4 heteroatoms. The summed E-state index contributed by atoms with van der Waals surface area (Å²) < 4.78 is 0. The molecule has 1 N–H and O–H groups in total. The number of nitrogens with zero attached hydrogens (tertiary/aromatic N) is 1. The molecule has 3 nitrogen and oxygen atoms in total. The molecule has 0 aromatic carbocycles. The van der Waals surface area contributed by atoms with Crippen molar-refractivity contribution in [3.05, 3.63) is 18.3 Å². The van der Waals surface area contributed by atoms with Gasteiger partial charge in [0.1, 0.15) is 5.82 Å². The Morgan fingerprint density at radius 2 is 2.64 bits per heavy atom.